The molecule has 164 valence electrons. The molecule has 1 saturated heterocycles. The second-order valence-electron chi connectivity index (χ2n) is 7.54. The molecular weight excluding hydrogens is 458 g/mol. The molecule has 1 aliphatic heterocycles. The Labute approximate surface area is 182 Å². The van der Waals surface area contributed by atoms with E-state index in [0.29, 0.717) is 16.6 Å². The summed E-state index contributed by atoms with van der Waals surface area (Å²) in [4.78, 5) is 15.1. The summed E-state index contributed by atoms with van der Waals surface area (Å²) in [6.45, 7) is 6.71. The Morgan fingerprint density at radius 1 is 1.31 bits per heavy atom. The molecule has 1 amide bonds. The lowest BCUT2D eigenvalue weighted by molar-refractivity contribution is 0.0951. The molecule has 0 radical (unpaired) electrons. The van der Waals surface area contributed by atoms with Crippen LogP contribution in [0.3, 0.4) is 0 Å². The highest BCUT2D eigenvalue weighted by Gasteiger charge is 2.18. The van der Waals surface area contributed by atoms with Crippen LogP contribution in [-0.4, -0.2) is 65.7 Å². The molecule has 29 heavy (non-hydrogen) atoms. The molecule has 0 aliphatic carbocycles. The van der Waals surface area contributed by atoms with Crippen LogP contribution in [-0.2, 0) is 14.8 Å². The molecule has 1 aromatic carbocycles. The summed E-state index contributed by atoms with van der Waals surface area (Å²) in [6.07, 6.45) is 4.51. The van der Waals surface area contributed by atoms with Gasteiger partial charge >= 0.3 is 0 Å². The van der Waals surface area contributed by atoms with E-state index in [4.69, 9.17) is 4.74 Å². The Hall–Kier alpha value is -1.00. The average Bonchev–Trinajstić information content (AvgIpc) is 2.68. The number of benzene rings is 1. The van der Waals surface area contributed by atoms with Gasteiger partial charge in [0, 0.05) is 31.2 Å². The first-order valence-corrected chi connectivity index (χ1v) is 12.4. The van der Waals surface area contributed by atoms with Crippen LogP contribution >= 0.6 is 15.9 Å². The zero-order chi connectivity index (χ0) is 21.3. The predicted molar refractivity (Wildman–Crippen MR) is 118 cm³/mol. The number of nitrogens with one attached hydrogen (secondary N) is 2. The third-order valence-electron chi connectivity index (χ3n) is 5.02. The van der Waals surface area contributed by atoms with Gasteiger partial charge in [0.1, 0.15) is 0 Å². The minimum absolute atomic E-state index is 0.0566. The molecular formula is C20H32BrN3O4S. The van der Waals surface area contributed by atoms with Gasteiger partial charge in [0.25, 0.3) is 5.91 Å². The number of sulfonamides is 1. The Bertz CT molecular complexity index is 773. The standard InChI is InChI=1S/C20H32BrN3O4S/c1-16-6-5-12-24(15-16)11-4-3-9-22-20(25)18-14-17(7-8-19(18)21)29(26,27)23-10-13-28-2/h7-8,14,16,23H,3-6,9-13,15H2,1-2H3,(H,22,25). The van der Waals surface area contributed by atoms with E-state index in [1.54, 1.807) is 6.07 Å². The molecule has 2 N–H and O–H groups in total. The largest absolute Gasteiger partial charge is 0.383 e. The van der Waals surface area contributed by atoms with Crippen molar-refractivity contribution in [3.05, 3.63) is 28.2 Å². The van der Waals surface area contributed by atoms with Crippen molar-refractivity contribution in [3.8, 4) is 0 Å². The highest BCUT2D eigenvalue weighted by atomic mass is 79.9. The quantitative estimate of drug-likeness (QED) is 0.466. The summed E-state index contributed by atoms with van der Waals surface area (Å²) in [5.74, 6) is 0.491. The van der Waals surface area contributed by atoms with Crippen LogP contribution in [0.1, 0.15) is 43.0 Å². The number of unbranched alkanes of at least 4 members (excludes halogenated alkanes) is 1. The van der Waals surface area contributed by atoms with Crippen LogP contribution in [0.4, 0.5) is 0 Å². The lowest BCUT2D eigenvalue weighted by atomic mass is 10.0. The van der Waals surface area contributed by atoms with E-state index in [1.165, 1.54) is 45.2 Å². The van der Waals surface area contributed by atoms with Crippen LogP contribution in [0, 0.1) is 5.92 Å². The number of hydrogen-bond donors (Lipinski definition) is 2. The van der Waals surface area contributed by atoms with Gasteiger partial charge in [-0.05, 0) is 78.8 Å². The summed E-state index contributed by atoms with van der Waals surface area (Å²) in [7, 11) is -2.18. The van der Waals surface area contributed by atoms with Crippen molar-refractivity contribution in [1.82, 2.24) is 14.9 Å². The molecule has 9 heteroatoms. The fourth-order valence-corrected chi connectivity index (χ4v) is 4.92. The number of amides is 1. The zero-order valence-electron chi connectivity index (χ0n) is 17.2. The van der Waals surface area contributed by atoms with E-state index in [2.05, 4.69) is 37.8 Å². The van der Waals surface area contributed by atoms with Gasteiger partial charge < -0.3 is 15.0 Å². The number of halogens is 1. The van der Waals surface area contributed by atoms with E-state index in [0.717, 1.165) is 25.3 Å². The van der Waals surface area contributed by atoms with Crippen molar-refractivity contribution < 1.29 is 17.9 Å². The first kappa shape index (κ1) is 24.3. The van der Waals surface area contributed by atoms with Crippen LogP contribution in [0.2, 0.25) is 0 Å². The minimum atomic E-state index is -3.69. The number of nitrogens with zero attached hydrogens (tertiary/aromatic N) is 1. The molecule has 2 rings (SSSR count). The topological polar surface area (TPSA) is 87.7 Å². The van der Waals surface area contributed by atoms with E-state index >= 15 is 0 Å². The summed E-state index contributed by atoms with van der Waals surface area (Å²) in [6, 6.07) is 4.44. The smallest absolute Gasteiger partial charge is 0.252 e. The molecule has 1 atom stereocenters. The van der Waals surface area contributed by atoms with Crippen molar-refractivity contribution in [2.45, 2.75) is 37.5 Å². The summed E-state index contributed by atoms with van der Waals surface area (Å²) in [5.41, 5.74) is 0.310. The summed E-state index contributed by atoms with van der Waals surface area (Å²) >= 11 is 3.34. The number of carbonyl (C=O) groups excluding carboxylic acids is 1. The van der Waals surface area contributed by atoms with Gasteiger partial charge in [-0.25, -0.2) is 13.1 Å². The third kappa shape index (κ3) is 7.97. The van der Waals surface area contributed by atoms with Crippen molar-refractivity contribution in [1.29, 1.82) is 0 Å². The molecule has 0 saturated carbocycles. The van der Waals surface area contributed by atoms with Crippen molar-refractivity contribution in [3.63, 3.8) is 0 Å². The first-order valence-electron chi connectivity index (χ1n) is 10.1. The number of ether oxygens (including phenoxy) is 1. The molecule has 0 bridgehead atoms. The van der Waals surface area contributed by atoms with E-state index in [-0.39, 0.29) is 24.0 Å². The van der Waals surface area contributed by atoms with E-state index in [1.807, 2.05) is 0 Å². The molecule has 1 aliphatic rings. The van der Waals surface area contributed by atoms with Crippen molar-refractivity contribution in [2.75, 3.05) is 46.4 Å². The second-order valence-corrected chi connectivity index (χ2v) is 10.2. The number of carbonyl (C=O) groups is 1. The average molecular weight is 490 g/mol. The summed E-state index contributed by atoms with van der Waals surface area (Å²) < 4.78 is 32.6. The monoisotopic (exact) mass is 489 g/mol. The van der Waals surface area contributed by atoms with Crippen LogP contribution in [0.15, 0.2) is 27.6 Å². The van der Waals surface area contributed by atoms with Crippen molar-refractivity contribution >= 4 is 31.9 Å². The van der Waals surface area contributed by atoms with Crippen LogP contribution in [0.5, 0.6) is 0 Å². The highest BCUT2D eigenvalue weighted by Crippen LogP contribution is 2.21. The Morgan fingerprint density at radius 3 is 2.83 bits per heavy atom. The number of methoxy groups -OCH3 is 1. The van der Waals surface area contributed by atoms with Gasteiger partial charge in [-0.15, -0.1) is 0 Å². The molecule has 1 fully saturated rings. The van der Waals surface area contributed by atoms with Crippen molar-refractivity contribution in [2.24, 2.45) is 5.92 Å². The van der Waals surface area contributed by atoms with Gasteiger partial charge in [-0.2, -0.15) is 0 Å². The van der Waals surface area contributed by atoms with Crippen LogP contribution in [0.25, 0.3) is 0 Å². The lowest BCUT2D eigenvalue weighted by Gasteiger charge is -2.30. The number of piperidine rings is 1. The normalized spacial score (nSPS) is 18.0. The van der Waals surface area contributed by atoms with E-state index in [9.17, 15) is 13.2 Å². The fraction of sp³-hybridized carbons (Fsp3) is 0.650. The zero-order valence-corrected chi connectivity index (χ0v) is 19.6. The molecule has 0 aromatic heterocycles. The fourth-order valence-electron chi connectivity index (χ4n) is 3.45. The number of likely N-dealkylation sites (tertiary alicyclic amines) is 1. The molecule has 7 nitrogen and oxygen atoms in total. The Kier molecular flexibility index (Phi) is 10.0. The maximum absolute atomic E-state index is 12.5. The van der Waals surface area contributed by atoms with Gasteiger partial charge in [-0.3, -0.25) is 4.79 Å². The second kappa shape index (κ2) is 12.0. The maximum Gasteiger partial charge on any atom is 0.252 e. The molecule has 1 aromatic rings. The SMILES string of the molecule is COCCNS(=O)(=O)c1ccc(Br)c(C(=O)NCCCCN2CCCC(C)C2)c1. The molecule has 1 heterocycles. The Balaban J connectivity index is 1.83. The first-order chi connectivity index (χ1) is 13.8. The van der Waals surface area contributed by atoms with Gasteiger partial charge in [-0.1, -0.05) is 6.92 Å². The minimum Gasteiger partial charge on any atom is -0.383 e. The number of hydrogen-bond acceptors (Lipinski definition) is 5. The highest BCUT2D eigenvalue weighted by molar-refractivity contribution is 9.10. The van der Waals surface area contributed by atoms with Gasteiger partial charge in [0.05, 0.1) is 17.1 Å². The molecule has 1 unspecified atom stereocenters. The predicted octanol–water partition coefficient (Wildman–Crippen LogP) is 2.62. The van der Waals surface area contributed by atoms with Crippen LogP contribution < -0.4 is 10.0 Å². The number of rotatable bonds is 11. The van der Waals surface area contributed by atoms with Gasteiger partial charge in [0.2, 0.25) is 10.0 Å². The Morgan fingerprint density at radius 2 is 2.10 bits per heavy atom. The maximum atomic E-state index is 12.5. The lowest BCUT2D eigenvalue weighted by Crippen LogP contribution is -2.35. The summed E-state index contributed by atoms with van der Waals surface area (Å²) in [5, 5.41) is 2.89. The van der Waals surface area contributed by atoms with E-state index < -0.39 is 10.0 Å². The van der Waals surface area contributed by atoms with Gasteiger partial charge in [0.15, 0.2) is 0 Å². The molecule has 0 spiro atoms. The third-order valence-corrected chi connectivity index (χ3v) is 7.17.